The molecule has 35 heavy (non-hydrogen) atoms. The van der Waals surface area contributed by atoms with E-state index in [1.165, 1.54) is 20.3 Å². The number of amides is 3. The summed E-state index contributed by atoms with van der Waals surface area (Å²) < 4.78 is 15.5. The Morgan fingerprint density at radius 2 is 1.83 bits per heavy atom. The Hall–Kier alpha value is -3.79. The molecule has 3 amide bonds. The number of esters is 1. The van der Waals surface area contributed by atoms with Gasteiger partial charge in [0, 0.05) is 5.69 Å². The zero-order valence-corrected chi connectivity index (χ0v) is 20.6. The van der Waals surface area contributed by atoms with Gasteiger partial charge in [0.1, 0.15) is 6.54 Å². The van der Waals surface area contributed by atoms with Crippen LogP contribution in [0, 0.1) is 0 Å². The number of imide groups is 1. The van der Waals surface area contributed by atoms with E-state index in [-0.39, 0.29) is 23.3 Å². The fourth-order valence-corrected chi connectivity index (χ4v) is 4.16. The number of hydrogen-bond acceptors (Lipinski definition) is 8. The molecule has 1 aliphatic rings. The lowest BCUT2D eigenvalue weighted by atomic mass is 10.0. The summed E-state index contributed by atoms with van der Waals surface area (Å²) in [7, 11) is 2.64. The van der Waals surface area contributed by atoms with Crippen molar-refractivity contribution in [1.82, 2.24) is 4.90 Å². The average Bonchev–Trinajstić information content (AvgIpc) is 3.10. The van der Waals surface area contributed by atoms with Crippen molar-refractivity contribution in [3.63, 3.8) is 0 Å². The van der Waals surface area contributed by atoms with Crippen LogP contribution in [0.3, 0.4) is 0 Å². The molecule has 1 fully saturated rings. The largest absolute Gasteiger partial charge is 0.493 e. The quantitative estimate of drug-likeness (QED) is 0.407. The van der Waals surface area contributed by atoms with Crippen LogP contribution in [0.1, 0.15) is 30.9 Å². The highest BCUT2D eigenvalue weighted by molar-refractivity contribution is 8.18. The minimum Gasteiger partial charge on any atom is -0.493 e. The van der Waals surface area contributed by atoms with Crippen LogP contribution in [-0.2, 0) is 19.1 Å². The van der Waals surface area contributed by atoms with Gasteiger partial charge in [0.25, 0.3) is 17.1 Å². The lowest BCUT2D eigenvalue weighted by Gasteiger charge is -2.15. The fourth-order valence-electron chi connectivity index (χ4n) is 3.32. The van der Waals surface area contributed by atoms with Crippen molar-refractivity contribution >= 4 is 46.5 Å². The van der Waals surface area contributed by atoms with E-state index in [1.54, 1.807) is 18.2 Å². The summed E-state index contributed by atoms with van der Waals surface area (Å²) in [4.78, 5) is 49.5. The molecule has 10 heteroatoms. The van der Waals surface area contributed by atoms with Gasteiger partial charge in [0.2, 0.25) is 0 Å². The Labute approximate surface area is 207 Å². The van der Waals surface area contributed by atoms with Crippen molar-refractivity contribution in [2.75, 3.05) is 32.7 Å². The topological polar surface area (TPSA) is 111 Å². The Bertz CT molecular complexity index is 1180. The summed E-state index contributed by atoms with van der Waals surface area (Å²) in [5.41, 5.74) is 2.34. The van der Waals surface area contributed by atoms with Gasteiger partial charge in [0.15, 0.2) is 18.1 Å². The van der Waals surface area contributed by atoms with Crippen LogP contribution in [0.5, 0.6) is 11.5 Å². The molecule has 1 N–H and O–H groups in total. The molecule has 1 saturated heterocycles. The third kappa shape index (κ3) is 6.42. The van der Waals surface area contributed by atoms with Crippen LogP contribution in [0.2, 0.25) is 0 Å². The molecule has 0 atom stereocenters. The van der Waals surface area contributed by atoms with Crippen LogP contribution in [0.25, 0.3) is 6.08 Å². The highest BCUT2D eigenvalue weighted by atomic mass is 32.2. The number of ether oxygens (including phenoxy) is 3. The van der Waals surface area contributed by atoms with Crippen LogP contribution in [-0.4, -0.2) is 55.3 Å². The molecule has 184 valence electrons. The minimum atomic E-state index is -0.687. The van der Waals surface area contributed by atoms with E-state index >= 15 is 0 Å². The fraction of sp³-hybridized carbons (Fsp3) is 0.280. The summed E-state index contributed by atoms with van der Waals surface area (Å²) in [5.74, 6) is -0.638. The molecule has 0 spiro atoms. The molecule has 2 aromatic carbocycles. The Balaban J connectivity index is 1.68. The minimum absolute atomic E-state index is 0.165. The Morgan fingerprint density at radius 1 is 1.09 bits per heavy atom. The molecule has 0 bridgehead atoms. The van der Waals surface area contributed by atoms with Crippen molar-refractivity contribution in [2.24, 2.45) is 0 Å². The first-order valence-corrected chi connectivity index (χ1v) is 11.6. The number of methoxy groups -OCH3 is 2. The number of hydrogen-bond donors (Lipinski definition) is 1. The van der Waals surface area contributed by atoms with Crippen LogP contribution < -0.4 is 14.8 Å². The number of rotatable bonds is 9. The lowest BCUT2D eigenvalue weighted by Crippen LogP contribution is -2.34. The number of thioether (sulfide) groups is 1. The van der Waals surface area contributed by atoms with Gasteiger partial charge in [0.05, 0.1) is 19.1 Å². The number of carbonyl (C=O) groups is 4. The number of benzene rings is 2. The molecular weight excluding hydrogens is 472 g/mol. The predicted molar refractivity (Wildman–Crippen MR) is 132 cm³/mol. The number of nitrogens with zero attached hydrogens (tertiary/aromatic N) is 1. The first-order chi connectivity index (χ1) is 16.7. The molecule has 0 aliphatic carbocycles. The zero-order chi connectivity index (χ0) is 25.5. The number of para-hydroxylation sites is 1. The second kappa shape index (κ2) is 11.6. The van der Waals surface area contributed by atoms with E-state index in [0.29, 0.717) is 17.1 Å². The summed E-state index contributed by atoms with van der Waals surface area (Å²) in [5, 5.41) is 2.31. The molecule has 9 nitrogen and oxygen atoms in total. The normalized spacial score (nSPS) is 14.4. The van der Waals surface area contributed by atoms with Gasteiger partial charge in [-0.15, -0.1) is 0 Å². The second-order valence-corrected chi connectivity index (χ2v) is 8.83. The van der Waals surface area contributed by atoms with Gasteiger partial charge in [-0.25, -0.2) is 0 Å². The summed E-state index contributed by atoms with van der Waals surface area (Å²) >= 11 is 0.731. The molecule has 0 radical (unpaired) electrons. The maximum absolute atomic E-state index is 12.5. The number of nitrogens with one attached hydrogen (secondary N) is 1. The maximum atomic E-state index is 12.5. The van der Waals surface area contributed by atoms with Gasteiger partial charge in [-0.2, -0.15) is 0 Å². The first kappa shape index (κ1) is 25.8. The van der Waals surface area contributed by atoms with E-state index in [1.807, 2.05) is 38.1 Å². The molecular formula is C25H26N2O7S. The van der Waals surface area contributed by atoms with Gasteiger partial charge < -0.3 is 19.5 Å². The highest BCUT2D eigenvalue weighted by Crippen LogP contribution is 2.34. The monoisotopic (exact) mass is 498 g/mol. The Kier molecular flexibility index (Phi) is 8.53. The van der Waals surface area contributed by atoms with E-state index < -0.39 is 23.7 Å². The third-order valence-corrected chi connectivity index (χ3v) is 6.00. The van der Waals surface area contributed by atoms with Gasteiger partial charge in [-0.1, -0.05) is 38.1 Å². The number of anilines is 1. The number of carbonyl (C=O) groups excluding carboxylic acids is 4. The maximum Gasteiger partial charge on any atom is 0.325 e. The summed E-state index contributed by atoms with van der Waals surface area (Å²) in [6.45, 7) is 3.42. The zero-order valence-electron chi connectivity index (χ0n) is 19.8. The van der Waals surface area contributed by atoms with E-state index in [9.17, 15) is 19.2 Å². The van der Waals surface area contributed by atoms with E-state index in [4.69, 9.17) is 9.47 Å². The molecule has 0 saturated carbocycles. The van der Waals surface area contributed by atoms with Crippen molar-refractivity contribution in [3.8, 4) is 11.5 Å². The van der Waals surface area contributed by atoms with Crippen molar-refractivity contribution in [3.05, 3.63) is 58.5 Å². The van der Waals surface area contributed by atoms with Gasteiger partial charge >= 0.3 is 5.97 Å². The van der Waals surface area contributed by atoms with E-state index in [2.05, 4.69) is 10.1 Å². The van der Waals surface area contributed by atoms with Crippen LogP contribution in [0.15, 0.2) is 47.4 Å². The second-order valence-electron chi connectivity index (χ2n) is 7.83. The average molecular weight is 499 g/mol. The highest BCUT2D eigenvalue weighted by Gasteiger charge is 2.36. The van der Waals surface area contributed by atoms with Crippen LogP contribution in [0.4, 0.5) is 10.5 Å². The van der Waals surface area contributed by atoms with Crippen molar-refractivity contribution < 1.29 is 33.4 Å². The predicted octanol–water partition coefficient (Wildman–Crippen LogP) is 4.05. The molecule has 1 aliphatic heterocycles. The SMILES string of the molecule is COC(=O)CN1C(=O)S/C(=C\c2ccc(OCC(=O)Nc3ccccc3C(C)C)c(OC)c2)C1=O. The smallest absolute Gasteiger partial charge is 0.325 e. The first-order valence-electron chi connectivity index (χ1n) is 10.7. The summed E-state index contributed by atoms with van der Waals surface area (Å²) in [6, 6.07) is 12.5. The molecule has 1 heterocycles. The molecule has 0 aromatic heterocycles. The lowest BCUT2D eigenvalue weighted by molar-refractivity contribution is -0.143. The molecule has 2 aromatic rings. The van der Waals surface area contributed by atoms with Crippen LogP contribution >= 0.6 is 11.8 Å². The van der Waals surface area contributed by atoms with Crippen molar-refractivity contribution in [2.45, 2.75) is 19.8 Å². The molecule has 3 rings (SSSR count). The van der Waals surface area contributed by atoms with Gasteiger partial charge in [-0.05, 0) is 53.1 Å². The van der Waals surface area contributed by atoms with Gasteiger partial charge in [-0.3, -0.25) is 24.1 Å². The summed E-state index contributed by atoms with van der Waals surface area (Å²) in [6.07, 6.45) is 1.52. The molecule has 0 unspecified atom stereocenters. The standard InChI is InChI=1S/C25H26N2O7S/c1-15(2)17-7-5-6-8-18(17)26-22(28)14-34-19-10-9-16(11-20(19)32-3)12-21-24(30)27(25(31)35-21)13-23(29)33-4/h5-12,15H,13-14H2,1-4H3,(H,26,28)/b21-12-. The Morgan fingerprint density at radius 3 is 2.51 bits per heavy atom. The third-order valence-electron chi connectivity index (χ3n) is 5.09. The van der Waals surface area contributed by atoms with E-state index in [0.717, 1.165) is 27.9 Å². The van der Waals surface area contributed by atoms with Crippen molar-refractivity contribution in [1.29, 1.82) is 0 Å².